The van der Waals surface area contributed by atoms with E-state index < -0.39 is 40.8 Å². The van der Waals surface area contributed by atoms with Gasteiger partial charge in [-0.25, -0.2) is 13.6 Å². The Morgan fingerprint density at radius 2 is 1.91 bits per heavy atom. The third kappa shape index (κ3) is 7.13. The van der Waals surface area contributed by atoms with Crippen molar-refractivity contribution in [3.63, 3.8) is 0 Å². The Hall–Kier alpha value is -2.73. The van der Waals surface area contributed by atoms with Gasteiger partial charge in [0.05, 0.1) is 18.2 Å². The monoisotopic (exact) mass is 491 g/mol. The molecular formula is C21H25F4N3O4S. The van der Waals surface area contributed by atoms with Crippen LogP contribution in [0.15, 0.2) is 30.3 Å². The Labute approximate surface area is 191 Å². The molecule has 7 nitrogen and oxygen atoms in total. The van der Waals surface area contributed by atoms with Gasteiger partial charge in [0.1, 0.15) is 11.5 Å². The number of pyridine rings is 1. The second-order valence-electron chi connectivity index (χ2n) is 7.74. The molecule has 0 saturated heterocycles. The molecule has 2 aromatic rings. The zero-order valence-electron chi connectivity index (χ0n) is 18.4. The number of hydrogen-bond donors (Lipinski definition) is 2. The van der Waals surface area contributed by atoms with E-state index in [1.807, 2.05) is 13.8 Å². The second kappa shape index (κ2) is 10.9. The summed E-state index contributed by atoms with van der Waals surface area (Å²) in [6.45, 7) is 5.19. The fourth-order valence-corrected chi connectivity index (χ4v) is 3.07. The summed E-state index contributed by atoms with van der Waals surface area (Å²) in [6, 6.07) is 5.81. The predicted octanol–water partition coefficient (Wildman–Crippen LogP) is 4.27. The lowest BCUT2D eigenvalue weighted by atomic mass is 9.99. The summed E-state index contributed by atoms with van der Waals surface area (Å²) in [7, 11) is 1.24. The van der Waals surface area contributed by atoms with Gasteiger partial charge in [0.2, 0.25) is 11.8 Å². The highest BCUT2D eigenvalue weighted by atomic mass is 32.2. The Morgan fingerprint density at radius 1 is 1.24 bits per heavy atom. The van der Waals surface area contributed by atoms with E-state index in [1.165, 1.54) is 32.2 Å². The number of carbonyl (C=O) groups is 1. The maximum atomic E-state index is 14.3. The first-order valence-electron chi connectivity index (χ1n) is 9.93. The molecular weight excluding hydrogens is 466 g/mol. The summed E-state index contributed by atoms with van der Waals surface area (Å²) in [6.07, 6.45) is -4.64. The van der Waals surface area contributed by atoms with E-state index in [1.54, 1.807) is 0 Å². The van der Waals surface area contributed by atoms with Crippen LogP contribution < -0.4 is 14.4 Å². The van der Waals surface area contributed by atoms with E-state index in [0.29, 0.717) is 5.56 Å². The van der Waals surface area contributed by atoms with Crippen molar-refractivity contribution in [1.29, 1.82) is 0 Å². The van der Waals surface area contributed by atoms with Crippen LogP contribution in [-0.2, 0) is 28.8 Å². The number of halogens is 4. The number of benzene rings is 1. The summed E-state index contributed by atoms with van der Waals surface area (Å²) in [5.41, 5.74) is -0.644. The Kier molecular flexibility index (Phi) is 8.78. The SMILES string of the molecule is CC(C)COc1nc(C(F)(F)F)ccc1CNC(=O)C(C)c1ccc(N(C)S(=O)O)c(F)c1. The molecule has 2 rings (SSSR count). The second-order valence-corrected chi connectivity index (χ2v) is 8.75. The zero-order valence-corrected chi connectivity index (χ0v) is 19.3. The van der Waals surface area contributed by atoms with Crippen molar-refractivity contribution in [2.24, 2.45) is 5.92 Å². The molecule has 1 heterocycles. The molecule has 0 radical (unpaired) electrons. The maximum Gasteiger partial charge on any atom is 0.433 e. The molecule has 33 heavy (non-hydrogen) atoms. The summed E-state index contributed by atoms with van der Waals surface area (Å²) < 4.78 is 79.8. The number of amides is 1. The molecule has 0 spiro atoms. The van der Waals surface area contributed by atoms with E-state index in [4.69, 9.17) is 9.29 Å². The van der Waals surface area contributed by atoms with Crippen molar-refractivity contribution >= 4 is 22.9 Å². The number of hydrogen-bond acceptors (Lipinski definition) is 4. The molecule has 2 N–H and O–H groups in total. The minimum Gasteiger partial charge on any atom is -0.477 e. The topological polar surface area (TPSA) is 91.8 Å². The number of carbonyl (C=O) groups excluding carboxylic acids is 1. The minimum absolute atomic E-state index is 0.0454. The molecule has 0 saturated carbocycles. The lowest BCUT2D eigenvalue weighted by Gasteiger charge is -2.18. The molecule has 182 valence electrons. The lowest BCUT2D eigenvalue weighted by molar-refractivity contribution is -0.141. The first kappa shape index (κ1) is 26.5. The standard InChI is InChI=1S/C21H25F4N3O4S/c1-12(2)11-32-20-15(6-8-18(27-20)21(23,24)25)10-26-19(29)13(3)14-5-7-17(16(22)9-14)28(4)33(30)31/h5-9,12-13H,10-11H2,1-4H3,(H,26,29)(H,30,31). The number of nitrogens with zero attached hydrogens (tertiary/aromatic N) is 2. The average molecular weight is 492 g/mol. The highest BCUT2D eigenvalue weighted by Gasteiger charge is 2.33. The fourth-order valence-electron chi connectivity index (χ4n) is 2.75. The third-order valence-electron chi connectivity index (χ3n) is 4.67. The molecule has 0 aliphatic heterocycles. The van der Waals surface area contributed by atoms with Crippen molar-refractivity contribution in [1.82, 2.24) is 10.3 Å². The number of nitrogens with one attached hydrogen (secondary N) is 1. The normalized spacial score (nSPS) is 13.5. The Balaban J connectivity index is 2.16. The van der Waals surface area contributed by atoms with E-state index in [9.17, 15) is 26.6 Å². The summed E-state index contributed by atoms with van der Waals surface area (Å²) in [5.74, 6) is -2.27. The van der Waals surface area contributed by atoms with Gasteiger partial charge >= 0.3 is 6.18 Å². The Bertz CT molecular complexity index is 1020. The number of anilines is 1. The highest BCUT2D eigenvalue weighted by molar-refractivity contribution is 7.80. The van der Waals surface area contributed by atoms with Crippen LogP contribution in [0.1, 0.15) is 43.5 Å². The molecule has 0 aliphatic carbocycles. The van der Waals surface area contributed by atoms with E-state index in [2.05, 4.69) is 10.3 Å². The first-order valence-corrected chi connectivity index (χ1v) is 11.0. The van der Waals surface area contributed by atoms with Crippen molar-refractivity contribution in [2.45, 2.75) is 39.4 Å². The molecule has 0 bridgehead atoms. The summed E-state index contributed by atoms with van der Waals surface area (Å²) in [4.78, 5) is 16.1. The summed E-state index contributed by atoms with van der Waals surface area (Å²) >= 11 is -2.41. The van der Waals surface area contributed by atoms with Gasteiger partial charge < -0.3 is 10.1 Å². The minimum atomic E-state index is -4.64. The van der Waals surface area contributed by atoms with Crippen molar-refractivity contribution in [3.8, 4) is 5.88 Å². The number of ether oxygens (including phenoxy) is 1. The molecule has 12 heteroatoms. The van der Waals surface area contributed by atoms with Gasteiger partial charge in [-0.15, -0.1) is 0 Å². The van der Waals surface area contributed by atoms with Crippen LogP contribution in [0.2, 0.25) is 0 Å². The maximum absolute atomic E-state index is 14.3. The zero-order chi connectivity index (χ0) is 24.9. The molecule has 0 aliphatic rings. The van der Waals surface area contributed by atoms with Crippen LogP contribution in [0, 0.1) is 11.7 Å². The Morgan fingerprint density at radius 3 is 2.45 bits per heavy atom. The molecule has 2 unspecified atom stereocenters. The van der Waals surface area contributed by atoms with Crippen molar-refractivity contribution < 1.29 is 35.9 Å². The quantitative estimate of drug-likeness (QED) is 0.404. The number of aromatic nitrogens is 1. The number of alkyl halides is 3. The van der Waals surface area contributed by atoms with E-state index >= 15 is 0 Å². The average Bonchev–Trinajstić information content (AvgIpc) is 2.74. The van der Waals surface area contributed by atoms with Crippen LogP contribution in [0.4, 0.5) is 23.2 Å². The van der Waals surface area contributed by atoms with Gasteiger partial charge in [0.25, 0.3) is 11.3 Å². The van der Waals surface area contributed by atoms with Crippen molar-refractivity contribution in [3.05, 3.63) is 53.0 Å². The van der Waals surface area contributed by atoms with Crippen LogP contribution in [-0.4, -0.2) is 33.3 Å². The fraction of sp³-hybridized carbons (Fsp3) is 0.429. The van der Waals surface area contributed by atoms with Crippen LogP contribution in [0.5, 0.6) is 5.88 Å². The summed E-state index contributed by atoms with van der Waals surface area (Å²) in [5, 5.41) is 2.60. The lowest BCUT2D eigenvalue weighted by Crippen LogP contribution is -2.28. The predicted molar refractivity (Wildman–Crippen MR) is 115 cm³/mol. The molecule has 1 aromatic carbocycles. The van der Waals surface area contributed by atoms with Crippen LogP contribution in [0.25, 0.3) is 0 Å². The largest absolute Gasteiger partial charge is 0.477 e. The van der Waals surface area contributed by atoms with Crippen molar-refractivity contribution in [2.75, 3.05) is 18.0 Å². The van der Waals surface area contributed by atoms with Gasteiger partial charge in [-0.3, -0.25) is 13.7 Å². The van der Waals surface area contributed by atoms with E-state index in [-0.39, 0.29) is 36.2 Å². The van der Waals surface area contributed by atoms with Crippen LogP contribution >= 0.6 is 0 Å². The van der Waals surface area contributed by atoms with E-state index in [0.717, 1.165) is 16.4 Å². The van der Waals surface area contributed by atoms with Gasteiger partial charge in [0.15, 0.2) is 0 Å². The molecule has 1 aromatic heterocycles. The molecule has 2 atom stereocenters. The molecule has 0 fully saturated rings. The molecule has 1 amide bonds. The van der Waals surface area contributed by atoms with Gasteiger partial charge in [-0.1, -0.05) is 19.9 Å². The third-order valence-corrected chi connectivity index (χ3v) is 5.34. The number of rotatable bonds is 9. The highest BCUT2D eigenvalue weighted by Crippen LogP contribution is 2.30. The van der Waals surface area contributed by atoms with Gasteiger partial charge in [0, 0.05) is 19.2 Å². The van der Waals surface area contributed by atoms with Crippen LogP contribution in [0.3, 0.4) is 0 Å². The smallest absolute Gasteiger partial charge is 0.433 e. The first-order chi connectivity index (χ1) is 15.3. The van der Waals surface area contributed by atoms with Gasteiger partial charge in [-0.05, 0) is 42.7 Å². The van der Waals surface area contributed by atoms with Gasteiger partial charge in [-0.2, -0.15) is 13.2 Å².